The van der Waals surface area contributed by atoms with Crippen LogP contribution in [0.1, 0.15) is 56.7 Å². The molecule has 1 aromatic heterocycles. The van der Waals surface area contributed by atoms with Gasteiger partial charge in [0.05, 0.1) is 7.11 Å². The molecule has 4 heteroatoms. The first-order chi connectivity index (χ1) is 14.0. The Morgan fingerprint density at radius 1 is 1.07 bits per heavy atom. The van der Waals surface area contributed by atoms with Gasteiger partial charge in [0, 0.05) is 41.0 Å². The van der Waals surface area contributed by atoms with Gasteiger partial charge in [0.25, 0.3) is 0 Å². The molecule has 1 amide bonds. The van der Waals surface area contributed by atoms with Crippen LogP contribution in [0, 0.1) is 5.92 Å². The van der Waals surface area contributed by atoms with E-state index in [1.165, 1.54) is 10.9 Å². The molecule has 154 valence electrons. The summed E-state index contributed by atoms with van der Waals surface area (Å²) in [6.07, 6.45) is 3.39. The number of carbonyl (C=O) groups is 1. The number of para-hydroxylation sites is 2. The molecule has 0 radical (unpaired) electrons. The molecular weight excluding hydrogens is 360 g/mol. The Morgan fingerprint density at radius 2 is 1.83 bits per heavy atom. The van der Waals surface area contributed by atoms with Crippen LogP contribution in [0.3, 0.4) is 0 Å². The molecule has 4 nitrogen and oxygen atoms in total. The minimum atomic E-state index is -0.0913. The van der Waals surface area contributed by atoms with E-state index in [1.54, 1.807) is 7.11 Å². The highest BCUT2D eigenvalue weighted by Crippen LogP contribution is 2.38. The lowest BCUT2D eigenvalue weighted by molar-refractivity contribution is -0.122. The Labute approximate surface area is 173 Å². The second kappa shape index (κ2) is 9.17. The van der Waals surface area contributed by atoms with Gasteiger partial charge in [0.1, 0.15) is 5.75 Å². The lowest BCUT2D eigenvalue weighted by Gasteiger charge is -2.22. The Bertz CT molecular complexity index is 974. The number of rotatable bonds is 8. The number of benzene rings is 2. The quantitative estimate of drug-likeness (QED) is 0.538. The predicted molar refractivity (Wildman–Crippen MR) is 120 cm³/mol. The Morgan fingerprint density at radius 3 is 2.52 bits per heavy atom. The number of aromatic amines is 1. The van der Waals surface area contributed by atoms with E-state index in [9.17, 15) is 4.79 Å². The van der Waals surface area contributed by atoms with Gasteiger partial charge >= 0.3 is 0 Å². The highest BCUT2D eigenvalue weighted by atomic mass is 16.5. The molecule has 0 aliphatic carbocycles. The van der Waals surface area contributed by atoms with Crippen LogP contribution < -0.4 is 10.1 Å². The number of hydrogen-bond donors (Lipinski definition) is 2. The van der Waals surface area contributed by atoms with Crippen molar-refractivity contribution in [2.75, 3.05) is 7.11 Å². The summed E-state index contributed by atoms with van der Waals surface area (Å²) in [6, 6.07) is 14.5. The Balaban J connectivity index is 2.05. The SMILES string of the molecule is CCc1cccc2c(C(CC(=O)NC(C)C(C)C)c3ccccc3OC)c[nH]c12. The monoisotopic (exact) mass is 392 g/mol. The van der Waals surface area contributed by atoms with E-state index in [0.717, 1.165) is 28.8 Å². The summed E-state index contributed by atoms with van der Waals surface area (Å²) in [5.41, 5.74) is 4.60. The Kier molecular flexibility index (Phi) is 6.63. The maximum absolute atomic E-state index is 12.9. The predicted octanol–water partition coefficient (Wildman–Crippen LogP) is 5.42. The largest absolute Gasteiger partial charge is 0.496 e. The van der Waals surface area contributed by atoms with Gasteiger partial charge in [-0.1, -0.05) is 57.2 Å². The molecule has 2 N–H and O–H groups in total. The summed E-state index contributed by atoms with van der Waals surface area (Å²) >= 11 is 0. The highest BCUT2D eigenvalue weighted by Gasteiger charge is 2.25. The molecule has 3 rings (SSSR count). The van der Waals surface area contributed by atoms with Crippen molar-refractivity contribution in [1.29, 1.82) is 0 Å². The van der Waals surface area contributed by atoms with E-state index in [0.29, 0.717) is 12.3 Å². The lowest BCUT2D eigenvalue weighted by atomic mass is 9.86. The zero-order valence-electron chi connectivity index (χ0n) is 18.1. The first kappa shape index (κ1) is 21.0. The summed E-state index contributed by atoms with van der Waals surface area (Å²) < 4.78 is 5.64. The number of hydrogen-bond acceptors (Lipinski definition) is 2. The van der Waals surface area contributed by atoms with Gasteiger partial charge in [-0.2, -0.15) is 0 Å². The third-order valence-electron chi connectivity index (χ3n) is 5.88. The van der Waals surface area contributed by atoms with Crippen molar-refractivity contribution in [3.05, 3.63) is 65.4 Å². The van der Waals surface area contributed by atoms with E-state index in [1.807, 2.05) is 18.2 Å². The van der Waals surface area contributed by atoms with Crippen LogP contribution in [-0.2, 0) is 11.2 Å². The maximum atomic E-state index is 12.9. The summed E-state index contributed by atoms with van der Waals surface area (Å²) in [4.78, 5) is 16.4. The molecule has 0 saturated carbocycles. The molecule has 2 unspecified atom stereocenters. The van der Waals surface area contributed by atoms with Gasteiger partial charge in [-0.25, -0.2) is 0 Å². The van der Waals surface area contributed by atoms with Gasteiger partial charge in [0.2, 0.25) is 5.91 Å². The number of fused-ring (bicyclic) bond motifs is 1. The third-order valence-corrected chi connectivity index (χ3v) is 5.88. The van der Waals surface area contributed by atoms with Crippen LogP contribution in [0.4, 0.5) is 0 Å². The topological polar surface area (TPSA) is 54.1 Å². The second-order valence-electron chi connectivity index (χ2n) is 8.04. The van der Waals surface area contributed by atoms with Crippen LogP contribution in [-0.4, -0.2) is 24.0 Å². The number of H-pyrrole nitrogens is 1. The van der Waals surface area contributed by atoms with Crippen LogP contribution in [0.2, 0.25) is 0 Å². The Hall–Kier alpha value is -2.75. The molecule has 0 aliphatic rings. The molecule has 0 bridgehead atoms. The van der Waals surface area contributed by atoms with Crippen molar-refractivity contribution >= 4 is 16.8 Å². The van der Waals surface area contributed by atoms with E-state index in [2.05, 4.69) is 68.5 Å². The molecule has 2 atom stereocenters. The molecule has 0 fully saturated rings. The minimum absolute atomic E-state index is 0.0584. The third kappa shape index (κ3) is 4.47. The number of nitrogens with one attached hydrogen (secondary N) is 2. The molecule has 0 saturated heterocycles. The van der Waals surface area contributed by atoms with E-state index in [4.69, 9.17) is 4.74 Å². The van der Waals surface area contributed by atoms with Crippen LogP contribution in [0.15, 0.2) is 48.7 Å². The normalized spacial score (nSPS) is 13.4. The molecule has 29 heavy (non-hydrogen) atoms. The summed E-state index contributed by atoms with van der Waals surface area (Å²) in [5, 5.41) is 4.33. The molecule has 0 aliphatic heterocycles. The van der Waals surface area contributed by atoms with Crippen molar-refractivity contribution in [1.82, 2.24) is 10.3 Å². The number of carbonyl (C=O) groups excluding carboxylic acids is 1. The number of methoxy groups -OCH3 is 1. The highest BCUT2D eigenvalue weighted by molar-refractivity contribution is 5.88. The fraction of sp³-hybridized carbons (Fsp3) is 0.400. The van der Waals surface area contributed by atoms with Crippen molar-refractivity contribution in [3.8, 4) is 5.75 Å². The standard InChI is InChI=1S/C25H32N2O2/c1-6-18-10-9-12-20-22(15-26-25(18)20)21(14-24(28)27-17(4)16(2)3)19-11-7-8-13-23(19)29-5/h7-13,15-17,21,26H,6,14H2,1-5H3,(H,27,28). The van der Waals surface area contributed by atoms with Gasteiger partial charge in [0.15, 0.2) is 0 Å². The zero-order valence-corrected chi connectivity index (χ0v) is 18.1. The lowest BCUT2D eigenvalue weighted by Crippen LogP contribution is -2.36. The van der Waals surface area contributed by atoms with E-state index in [-0.39, 0.29) is 17.9 Å². The number of amides is 1. The van der Waals surface area contributed by atoms with E-state index >= 15 is 0 Å². The van der Waals surface area contributed by atoms with Crippen molar-refractivity contribution in [3.63, 3.8) is 0 Å². The van der Waals surface area contributed by atoms with Gasteiger partial charge < -0.3 is 15.0 Å². The van der Waals surface area contributed by atoms with Gasteiger partial charge in [-0.15, -0.1) is 0 Å². The average molecular weight is 393 g/mol. The molecule has 0 spiro atoms. The molecule has 1 heterocycles. The molecular formula is C25H32N2O2. The summed E-state index contributed by atoms with van der Waals surface area (Å²) in [6.45, 7) is 8.46. The smallest absolute Gasteiger partial charge is 0.221 e. The van der Waals surface area contributed by atoms with Gasteiger partial charge in [-0.05, 0) is 36.5 Å². The number of ether oxygens (including phenoxy) is 1. The van der Waals surface area contributed by atoms with Crippen LogP contribution in [0.5, 0.6) is 5.75 Å². The van der Waals surface area contributed by atoms with Crippen molar-refractivity contribution in [2.45, 2.75) is 52.5 Å². The van der Waals surface area contributed by atoms with E-state index < -0.39 is 0 Å². The average Bonchev–Trinajstić information content (AvgIpc) is 3.15. The number of aryl methyl sites for hydroxylation is 1. The van der Waals surface area contributed by atoms with Gasteiger partial charge in [-0.3, -0.25) is 4.79 Å². The van der Waals surface area contributed by atoms with Crippen molar-refractivity contribution < 1.29 is 9.53 Å². The first-order valence-electron chi connectivity index (χ1n) is 10.5. The fourth-order valence-corrected chi connectivity index (χ4v) is 3.83. The fourth-order valence-electron chi connectivity index (χ4n) is 3.83. The maximum Gasteiger partial charge on any atom is 0.221 e. The summed E-state index contributed by atoms with van der Waals surface area (Å²) in [7, 11) is 1.68. The second-order valence-corrected chi connectivity index (χ2v) is 8.04. The van der Waals surface area contributed by atoms with Crippen LogP contribution >= 0.6 is 0 Å². The van der Waals surface area contributed by atoms with Crippen LogP contribution in [0.25, 0.3) is 10.9 Å². The first-order valence-corrected chi connectivity index (χ1v) is 10.5. The number of aromatic nitrogens is 1. The summed E-state index contributed by atoms with van der Waals surface area (Å²) in [5.74, 6) is 1.17. The molecule has 2 aromatic carbocycles. The minimum Gasteiger partial charge on any atom is -0.496 e. The molecule has 3 aromatic rings. The zero-order chi connectivity index (χ0) is 21.0. The van der Waals surface area contributed by atoms with Crippen molar-refractivity contribution in [2.24, 2.45) is 5.92 Å².